The van der Waals surface area contributed by atoms with Crippen molar-refractivity contribution >= 4 is 22.4 Å². The summed E-state index contributed by atoms with van der Waals surface area (Å²) in [6.07, 6.45) is 6.23. The molecule has 1 amide bonds. The number of thiazole rings is 1. The Balaban J connectivity index is 1.66. The number of carbonyl (C=O) groups excluding carboxylic acids is 1. The van der Waals surface area contributed by atoms with Crippen molar-refractivity contribution in [2.24, 2.45) is 5.41 Å². The molecule has 3 rings (SSSR count). The summed E-state index contributed by atoms with van der Waals surface area (Å²) in [5.74, 6) is 0.0222. The van der Waals surface area contributed by atoms with E-state index in [0.29, 0.717) is 5.13 Å². The molecule has 1 aromatic carbocycles. The Kier molecular flexibility index (Phi) is 3.64. The summed E-state index contributed by atoms with van der Waals surface area (Å²) in [4.78, 5) is 17.6. The van der Waals surface area contributed by atoms with Gasteiger partial charge in [-0.1, -0.05) is 35.9 Å². The van der Waals surface area contributed by atoms with E-state index in [4.69, 9.17) is 0 Å². The van der Waals surface area contributed by atoms with Crippen molar-refractivity contribution in [3.05, 3.63) is 59.1 Å². The van der Waals surface area contributed by atoms with Gasteiger partial charge in [0.2, 0.25) is 5.91 Å². The molecule has 0 bridgehead atoms. The molecule has 1 saturated carbocycles. The predicted molar refractivity (Wildman–Crippen MR) is 86.6 cm³/mol. The normalized spacial score (nSPS) is 15.5. The number of carbonyl (C=O) groups is 1. The monoisotopic (exact) mass is 298 g/mol. The van der Waals surface area contributed by atoms with Crippen LogP contribution in [0.5, 0.6) is 0 Å². The number of benzene rings is 1. The predicted octanol–water partition coefficient (Wildman–Crippen LogP) is 3.95. The standard InChI is InChI=1S/C17H18N2OS/c1-3-17(7-8-17)15(20)19-16-18-11-14(21-16)10-13-6-4-5-12(2)9-13/h3-6,9,11H,1,7-8,10H2,2H3,(H,18,19,20). The quantitative estimate of drug-likeness (QED) is 0.849. The fraction of sp³-hybridized carbons (Fsp3) is 0.294. The summed E-state index contributed by atoms with van der Waals surface area (Å²) in [5.41, 5.74) is 2.18. The molecule has 1 aliphatic carbocycles. The minimum atomic E-state index is -0.345. The third-order valence-corrected chi connectivity index (χ3v) is 4.78. The zero-order valence-electron chi connectivity index (χ0n) is 12.1. The first-order chi connectivity index (χ1) is 10.1. The van der Waals surface area contributed by atoms with Gasteiger partial charge in [0.05, 0.1) is 5.41 Å². The molecular weight excluding hydrogens is 280 g/mol. The molecule has 1 heterocycles. The molecule has 0 unspecified atom stereocenters. The molecule has 0 saturated heterocycles. The Bertz CT molecular complexity index is 686. The number of nitrogens with one attached hydrogen (secondary N) is 1. The van der Waals surface area contributed by atoms with Crippen LogP contribution in [0.3, 0.4) is 0 Å². The first kappa shape index (κ1) is 14.0. The first-order valence-electron chi connectivity index (χ1n) is 7.07. The summed E-state index contributed by atoms with van der Waals surface area (Å²) in [7, 11) is 0. The van der Waals surface area contributed by atoms with Crippen molar-refractivity contribution in [3.8, 4) is 0 Å². The number of anilines is 1. The molecule has 0 radical (unpaired) electrons. The lowest BCUT2D eigenvalue weighted by Crippen LogP contribution is -2.21. The van der Waals surface area contributed by atoms with Gasteiger partial charge >= 0.3 is 0 Å². The van der Waals surface area contributed by atoms with Crippen LogP contribution in [-0.4, -0.2) is 10.9 Å². The molecule has 1 fully saturated rings. The van der Waals surface area contributed by atoms with E-state index in [1.165, 1.54) is 22.5 Å². The lowest BCUT2D eigenvalue weighted by atomic mass is 10.1. The molecule has 4 heteroatoms. The Hall–Kier alpha value is -1.94. The van der Waals surface area contributed by atoms with Crippen molar-refractivity contribution in [1.29, 1.82) is 0 Å². The smallest absolute Gasteiger partial charge is 0.236 e. The fourth-order valence-corrected chi connectivity index (χ4v) is 3.19. The number of amides is 1. The van der Waals surface area contributed by atoms with Gasteiger partial charge in [0, 0.05) is 17.5 Å². The molecule has 0 aliphatic heterocycles. The molecule has 1 aromatic heterocycles. The highest BCUT2D eigenvalue weighted by Crippen LogP contribution is 2.47. The van der Waals surface area contributed by atoms with Crippen molar-refractivity contribution in [1.82, 2.24) is 4.98 Å². The van der Waals surface area contributed by atoms with Crippen molar-refractivity contribution in [3.63, 3.8) is 0 Å². The van der Waals surface area contributed by atoms with Crippen LogP contribution in [0.1, 0.15) is 28.8 Å². The zero-order valence-corrected chi connectivity index (χ0v) is 12.9. The van der Waals surface area contributed by atoms with Crippen LogP contribution in [0, 0.1) is 12.3 Å². The lowest BCUT2D eigenvalue weighted by Gasteiger charge is -2.07. The summed E-state index contributed by atoms with van der Waals surface area (Å²) < 4.78 is 0. The Labute approximate surface area is 128 Å². The van der Waals surface area contributed by atoms with Crippen molar-refractivity contribution < 1.29 is 4.79 Å². The number of aromatic nitrogens is 1. The molecule has 0 spiro atoms. The van der Waals surface area contributed by atoms with Crippen LogP contribution in [0.2, 0.25) is 0 Å². The van der Waals surface area contributed by atoms with Crippen LogP contribution in [0.4, 0.5) is 5.13 Å². The van der Waals surface area contributed by atoms with Gasteiger partial charge in [-0.2, -0.15) is 0 Å². The van der Waals surface area contributed by atoms with Gasteiger partial charge < -0.3 is 5.32 Å². The van der Waals surface area contributed by atoms with Crippen LogP contribution in [-0.2, 0) is 11.2 Å². The third kappa shape index (κ3) is 3.05. The second-order valence-corrected chi connectivity index (χ2v) is 6.73. The van der Waals surface area contributed by atoms with Crippen LogP contribution in [0.25, 0.3) is 0 Å². The van der Waals surface area contributed by atoms with Gasteiger partial charge in [0.15, 0.2) is 5.13 Å². The van der Waals surface area contributed by atoms with E-state index < -0.39 is 0 Å². The van der Waals surface area contributed by atoms with Crippen molar-refractivity contribution in [2.45, 2.75) is 26.2 Å². The topological polar surface area (TPSA) is 42.0 Å². The van der Waals surface area contributed by atoms with E-state index in [1.54, 1.807) is 6.08 Å². The fourth-order valence-electron chi connectivity index (χ4n) is 2.35. The summed E-state index contributed by atoms with van der Waals surface area (Å²) in [6, 6.07) is 8.44. The third-order valence-electron chi connectivity index (χ3n) is 3.87. The van der Waals surface area contributed by atoms with Crippen LogP contribution in [0.15, 0.2) is 43.1 Å². The Morgan fingerprint density at radius 1 is 1.52 bits per heavy atom. The van der Waals surface area contributed by atoms with E-state index in [0.717, 1.165) is 24.1 Å². The van der Waals surface area contributed by atoms with Crippen molar-refractivity contribution in [2.75, 3.05) is 5.32 Å². The molecule has 21 heavy (non-hydrogen) atoms. The van der Waals surface area contributed by atoms with Gasteiger partial charge in [-0.3, -0.25) is 4.79 Å². The molecule has 2 aromatic rings. The minimum absolute atomic E-state index is 0.0222. The molecule has 1 N–H and O–H groups in total. The molecule has 108 valence electrons. The van der Waals surface area contributed by atoms with E-state index in [-0.39, 0.29) is 11.3 Å². The Morgan fingerprint density at radius 3 is 3.00 bits per heavy atom. The largest absolute Gasteiger partial charge is 0.301 e. The average molecular weight is 298 g/mol. The van der Waals surface area contributed by atoms with Gasteiger partial charge in [0.25, 0.3) is 0 Å². The van der Waals surface area contributed by atoms with Gasteiger partial charge in [0.1, 0.15) is 0 Å². The molecule has 1 aliphatic rings. The van der Waals surface area contributed by atoms with Crippen LogP contribution >= 0.6 is 11.3 Å². The highest BCUT2D eigenvalue weighted by atomic mass is 32.1. The number of rotatable bonds is 5. The highest BCUT2D eigenvalue weighted by Gasteiger charge is 2.47. The number of hydrogen-bond donors (Lipinski definition) is 1. The number of aryl methyl sites for hydroxylation is 1. The van der Waals surface area contributed by atoms with E-state index in [1.807, 2.05) is 6.20 Å². The maximum absolute atomic E-state index is 12.1. The zero-order chi connectivity index (χ0) is 14.9. The number of hydrogen-bond acceptors (Lipinski definition) is 3. The summed E-state index contributed by atoms with van der Waals surface area (Å²) in [5, 5.41) is 3.59. The maximum atomic E-state index is 12.1. The molecule has 3 nitrogen and oxygen atoms in total. The second kappa shape index (κ2) is 5.45. The number of nitrogens with zero attached hydrogens (tertiary/aromatic N) is 1. The SMILES string of the molecule is C=CC1(C(=O)Nc2ncc(Cc3cccc(C)c3)s2)CC1. The minimum Gasteiger partial charge on any atom is -0.301 e. The van der Waals surface area contributed by atoms with Crippen LogP contribution < -0.4 is 5.32 Å². The maximum Gasteiger partial charge on any atom is 0.236 e. The molecular formula is C17H18N2OS. The Morgan fingerprint density at radius 2 is 2.33 bits per heavy atom. The highest BCUT2D eigenvalue weighted by molar-refractivity contribution is 7.15. The average Bonchev–Trinajstić information content (AvgIpc) is 3.16. The van der Waals surface area contributed by atoms with E-state index >= 15 is 0 Å². The second-order valence-electron chi connectivity index (χ2n) is 5.61. The molecule has 0 atom stereocenters. The summed E-state index contributed by atoms with van der Waals surface area (Å²) in [6.45, 7) is 5.84. The first-order valence-corrected chi connectivity index (χ1v) is 7.88. The van der Waals surface area contributed by atoms with Gasteiger partial charge in [-0.25, -0.2) is 4.98 Å². The lowest BCUT2D eigenvalue weighted by molar-refractivity contribution is -0.119. The van der Waals surface area contributed by atoms with E-state index in [2.05, 4.69) is 48.1 Å². The summed E-state index contributed by atoms with van der Waals surface area (Å²) >= 11 is 1.54. The van der Waals surface area contributed by atoms with E-state index in [9.17, 15) is 4.79 Å². The van der Waals surface area contributed by atoms with Gasteiger partial charge in [-0.05, 0) is 25.3 Å². The van der Waals surface area contributed by atoms with Gasteiger partial charge in [-0.15, -0.1) is 17.9 Å².